The monoisotopic (exact) mass is 255 g/mol. The van der Waals surface area contributed by atoms with Crippen molar-refractivity contribution in [2.24, 2.45) is 5.92 Å². The van der Waals surface area contributed by atoms with Crippen molar-refractivity contribution in [2.75, 3.05) is 7.05 Å². The molecule has 0 saturated carbocycles. The largest absolute Gasteiger partial charge is 0.359 e. The summed E-state index contributed by atoms with van der Waals surface area (Å²) in [6.45, 7) is 0.859. The normalized spacial score (nSPS) is 17.8. The fourth-order valence-corrected chi connectivity index (χ4v) is 2.71. The molecule has 0 fully saturated rings. The maximum absolute atomic E-state index is 11.7. The molecule has 1 N–H and O–H groups in total. The zero-order valence-electron chi connectivity index (χ0n) is 11.0. The van der Waals surface area contributed by atoms with Crippen LogP contribution < -0.4 is 5.32 Å². The van der Waals surface area contributed by atoms with E-state index in [4.69, 9.17) is 0 Å². The lowest BCUT2D eigenvalue weighted by molar-refractivity contribution is -0.125. The Balaban J connectivity index is 1.90. The summed E-state index contributed by atoms with van der Waals surface area (Å²) in [5.74, 6) is 1.22. The van der Waals surface area contributed by atoms with E-state index >= 15 is 0 Å². The second kappa shape index (κ2) is 4.88. The Morgan fingerprint density at radius 1 is 1.37 bits per heavy atom. The third kappa shape index (κ3) is 2.14. The molecule has 4 heteroatoms. The van der Waals surface area contributed by atoms with Crippen LogP contribution in [0.15, 0.2) is 36.5 Å². The Hall–Kier alpha value is -2.10. The van der Waals surface area contributed by atoms with Gasteiger partial charge in [-0.05, 0) is 6.42 Å². The fourth-order valence-electron chi connectivity index (χ4n) is 2.71. The summed E-state index contributed by atoms with van der Waals surface area (Å²) in [6.07, 6.45) is 3.56. The number of aromatic nitrogens is 2. The molecule has 19 heavy (non-hydrogen) atoms. The standard InChI is InChI=1S/C15H17N3O/c1-16-15(19)12-7-8-18-13(9-12)10-17-14(18)11-5-3-2-4-6-11/h2-6,10,12H,7-9H2,1H3,(H,16,19). The topological polar surface area (TPSA) is 46.9 Å². The highest BCUT2D eigenvalue weighted by Gasteiger charge is 2.26. The second-order valence-corrected chi connectivity index (χ2v) is 4.89. The van der Waals surface area contributed by atoms with Gasteiger partial charge in [-0.3, -0.25) is 4.79 Å². The lowest BCUT2D eigenvalue weighted by Crippen LogP contribution is -2.33. The fraction of sp³-hybridized carbons (Fsp3) is 0.333. The summed E-state index contributed by atoms with van der Waals surface area (Å²) >= 11 is 0. The van der Waals surface area contributed by atoms with E-state index in [2.05, 4.69) is 27.0 Å². The number of hydrogen-bond acceptors (Lipinski definition) is 2. The maximum Gasteiger partial charge on any atom is 0.223 e. The molecule has 1 atom stereocenters. The van der Waals surface area contributed by atoms with Gasteiger partial charge in [0.2, 0.25) is 5.91 Å². The van der Waals surface area contributed by atoms with Gasteiger partial charge in [0.25, 0.3) is 0 Å². The van der Waals surface area contributed by atoms with E-state index in [-0.39, 0.29) is 11.8 Å². The summed E-state index contributed by atoms with van der Waals surface area (Å²) in [5, 5.41) is 2.74. The summed E-state index contributed by atoms with van der Waals surface area (Å²) in [6, 6.07) is 10.2. The van der Waals surface area contributed by atoms with E-state index in [1.165, 1.54) is 0 Å². The number of carbonyl (C=O) groups is 1. The molecule has 0 radical (unpaired) electrons. The highest BCUT2D eigenvalue weighted by atomic mass is 16.1. The number of carbonyl (C=O) groups excluding carboxylic acids is 1. The SMILES string of the molecule is CNC(=O)C1CCn2c(cnc2-c2ccccc2)C1. The highest BCUT2D eigenvalue weighted by Crippen LogP contribution is 2.27. The van der Waals surface area contributed by atoms with Crippen LogP contribution in [-0.4, -0.2) is 22.5 Å². The number of rotatable bonds is 2. The van der Waals surface area contributed by atoms with Crippen molar-refractivity contribution in [2.45, 2.75) is 19.4 Å². The molecule has 0 saturated heterocycles. The lowest BCUT2D eigenvalue weighted by atomic mass is 9.95. The molecule has 1 aromatic heterocycles. The summed E-state index contributed by atoms with van der Waals surface area (Å²) in [5.41, 5.74) is 2.28. The van der Waals surface area contributed by atoms with E-state index < -0.39 is 0 Å². The van der Waals surface area contributed by atoms with Crippen LogP contribution in [0.1, 0.15) is 12.1 Å². The van der Waals surface area contributed by atoms with Crippen molar-refractivity contribution in [3.05, 3.63) is 42.2 Å². The van der Waals surface area contributed by atoms with Gasteiger partial charge in [-0.15, -0.1) is 0 Å². The predicted octanol–water partition coefficient (Wildman–Crippen LogP) is 1.86. The molecule has 0 spiro atoms. The molecule has 1 amide bonds. The minimum Gasteiger partial charge on any atom is -0.359 e. The van der Waals surface area contributed by atoms with Crippen molar-refractivity contribution in [3.63, 3.8) is 0 Å². The Morgan fingerprint density at radius 2 is 2.16 bits per heavy atom. The first-order chi connectivity index (χ1) is 9.29. The first-order valence-electron chi connectivity index (χ1n) is 6.61. The number of benzene rings is 1. The molecule has 2 aromatic rings. The predicted molar refractivity (Wildman–Crippen MR) is 73.5 cm³/mol. The second-order valence-electron chi connectivity index (χ2n) is 4.89. The summed E-state index contributed by atoms with van der Waals surface area (Å²) in [4.78, 5) is 16.2. The first kappa shape index (κ1) is 12.0. The number of fused-ring (bicyclic) bond motifs is 1. The van der Waals surface area contributed by atoms with Gasteiger partial charge in [-0.1, -0.05) is 30.3 Å². The van der Waals surface area contributed by atoms with Crippen LogP contribution in [-0.2, 0) is 17.8 Å². The van der Waals surface area contributed by atoms with Gasteiger partial charge in [0, 0.05) is 43.4 Å². The first-order valence-corrected chi connectivity index (χ1v) is 6.61. The Labute approximate surface area is 112 Å². The van der Waals surface area contributed by atoms with E-state index in [0.717, 1.165) is 36.5 Å². The third-order valence-corrected chi connectivity index (χ3v) is 3.74. The molecule has 3 rings (SSSR count). The van der Waals surface area contributed by atoms with Crippen molar-refractivity contribution in [1.82, 2.24) is 14.9 Å². The van der Waals surface area contributed by atoms with Crippen LogP contribution in [0.25, 0.3) is 11.4 Å². The van der Waals surface area contributed by atoms with Crippen LogP contribution in [0.2, 0.25) is 0 Å². The van der Waals surface area contributed by atoms with Crippen LogP contribution in [0.4, 0.5) is 0 Å². The molecule has 98 valence electrons. The summed E-state index contributed by atoms with van der Waals surface area (Å²) in [7, 11) is 1.70. The van der Waals surface area contributed by atoms with Gasteiger partial charge in [0.1, 0.15) is 5.82 Å². The average Bonchev–Trinajstić information content (AvgIpc) is 2.90. The minimum atomic E-state index is 0.0813. The van der Waals surface area contributed by atoms with E-state index in [0.29, 0.717) is 0 Å². The van der Waals surface area contributed by atoms with Crippen molar-refractivity contribution < 1.29 is 4.79 Å². The van der Waals surface area contributed by atoms with Crippen molar-refractivity contribution in [3.8, 4) is 11.4 Å². The van der Waals surface area contributed by atoms with Gasteiger partial charge < -0.3 is 9.88 Å². The molecule has 1 aliphatic heterocycles. The molecule has 4 nitrogen and oxygen atoms in total. The molecule has 1 aromatic carbocycles. The van der Waals surface area contributed by atoms with Crippen LogP contribution in [0, 0.1) is 5.92 Å². The minimum absolute atomic E-state index is 0.0813. The van der Waals surface area contributed by atoms with Gasteiger partial charge in [0.05, 0.1) is 0 Å². The van der Waals surface area contributed by atoms with E-state index in [1.54, 1.807) is 7.05 Å². The Bertz CT molecular complexity index is 589. The Kier molecular flexibility index (Phi) is 3.07. The van der Waals surface area contributed by atoms with Gasteiger partial charge >= 0.3 is 0 Å². The number of nitrogens with zero attached hydrogens (tertiary/aromatic N) is 2. The molecular formula is C15H17N3O. The van der Waals surface area contributed by atoms with Gasteiger partial charge in [0.15, 0.2) is 0 Å². The number of hydrogen-bond donors (Lipinski definition) is 1. The summed E-state index contributed by atoms with van der Waals surface area (Å²) < 4.78 is 2.23. The van der Waals surface area contributed by atoms with Crippen LogP contribution >= 0.6 is 0 Å². The maximum atomic E-state index is 11.7. The third-order valence-electron chi connectivity index (χ3n) is 3.74. The molecule has 1 aliphatic rings. The number of amides is 1. The Morgan fingerprint density at radius 3 is 2.89 bits per heavy atom. The van der Waals surface area contributed by atoms with Crippen molar-refractivity contribution in [1.29, 1.82) is 0 Å². The van der Waals surface area contributed by atoms with Crippen LogP contribution in [0.5, 0.6) is 0 Å². The van der Waals surface area contributed by atoms with Gasteiger partial charge in [-0.2, -0.15) is 0 Å². The number of nitrogens with one attached hydrogen (secondary N) is 1. The number of imidazole rings is 1. The molecule has 0 aliphatic carbocycles. The van der Waals surface area contributed by atoms with Gasteiger partial charge in [-0.25, -0.2) is 4.98 Å². The van der Waals surface area contributed by atoms with E-state index in [1.807, 2.05) is 24.4 Å². The average molecular weight is 255 g/mol. The zero-order chi connectivity index (χ0) is 13.2. The molecule has 0 bridgehead atoms. The van der Waals surface area contributed by atoms with E-state index in [9.17, 15) is 4.79 Å². The zero-order valence-corrected chi connectivity index (χ0v) is 11.0. The van der Waals surface area contributed by atoms with Crippen LogP contribution in [0.3, 0.4) is 0 Å². The molecule has 2 heterocycles. The quantitative estimate of drug-likeness (QED) is 0.890. The molecule has 1 unspecified atom stereocenters. The smallest absolute Gasteiger partial charge is 0.223 e. The van der Waals surface area contributed by atoms with Crippen molar-refractivity contribution >= 4 is 5.91 Å². The lowest BCUT2D eigenvalue weighted by Gasteiger charge is -2.23. The highest BCUT2D eigenvalue weighted by molar-refractivity contribution is 5.78. The molecular weight excluding hydrogens is 238 g/mol.